The van der Waals surface area contributed by atoms with Crippen LogP contribution in [-0.4, -0.2) is 17.5 Å². The van der Waals surface area contributed by atoms with Crippen molar-refractivity contribution < 1.29 is 9.53 Å². The summed E-state index contributed by atoms with van der Waals surface area (Å²) >= 11 is 1.59. The van der Waals surface area contributed by atoms with Gasteiger partial charge in [-0.05, 0) is 52.9 Å². The average molecular weight is 386 g/mol. The summed E-state index contributed by atoms with van der Waals surface area (Å²) in [6, 6.07) is 22.5. The third kappa shape index (κ3) is 3.30. The molecule has 4 aromatic rings. The molecule has 1 amide bonds. The predicted octanol–water partition coefficient (Wildman–Crippen LogP) is 5.02. The molecule has 0 radical (unpaired) electrons. The second-order valence-electron chi connectivity index (χ2n) is 6.82. The minimum atomic E-state index is -0.156. The van der Waals surface area contributed by atoms with E-state index in [0.29, 0.717) is 6.61 Å². The first kappa shape index (κ1) is 17.1. The standard InChI is InChI=1S/C23H18N2O2S/c26-22(13-27-14-23-25-20-7-3-4-8-21(20)28-23)24-17-9-10-19-16(12-17)11-15-5-1-2-6-18(15)19/h1-10,12H,11,13-14H2,(H,24,26). The van der Waals surface area contributed by atoms with Crippen molar-refractivity contribution >= 4 is 33.1 Å². The summed E-state index contributed by atoms with van der Waals surface area (Å²) in [4.78, 5) is 16.8. The van der Waals surface area contributed by atoms with Gasteiger partial charge in [-0.1, -0.05) is 42.5 Å². The Hall–Kier alpha value is -3.02. The molecule has 0 unspecified atom stereocenters. The molecule has 0 fully saturated rings. The van der Waals surface area contributed by atoms with Gasteiger partial charge in [0.15, 0.2) is 0 Å². The van der Waals surface area contributed by atoms with E-state index in [1.807, 2.05) is 30.3 Å². The number of amides is 1. The average Bonchev–Trinajstić information content (AvgIpc) is 3.28. The van der Waals surface area contributed by atoms with E-state index in [1.54, 1.807) is 11.3 Å². The van der Waals surface area contributed by atoms with Gasteiger partial charge < -0.3 is 10.1 Å². The van der Waals surface area contributed by atoms with Crippen molar-refractivity contribution in [3.8, 4) is 11.1 Å². The number of hydrogen-bond acceptors (Lipinski definition) is 4. The Morgan fingerprint density at radius 1 is 1.00 bits per heavy atom. The van der Waals surface area contributed by atoms with Crippen molar-refractivity contribution in [2.24, 2.45) is 0 Å². The first-order chi connectivity index (χ1) is 13.8. The van der Waals surface area contributed by atoms with Crippen LogP contribution >= 0.6 is 11.3 Å². The van der Waals surface area contributed by atoms with Gasteiger partial charge in [-0.15, -0.1) is 11.3 Å². The number of benzene rings is 3. The van der Waals surface area contributed by atoms with Gasteiger partial charge in [-0.25, -0.2) is 4.98 Å². The molecule has 5 rings (SSSR count). The number of aromatic nitrogens is 1. The molecule has 1 heterocycles. The summed E-state index contributed by atoms with van der Waals surface area (Å²) in [5.74, 6) is -0.156. The summed E-state index contributed by atoms with van der Waals surface area (Å²) in [7, 11) is 0. The number of para-hydroxylation sites is 1. The highest BCUT2D eigenvalue weighted by Gasteiger charge is 2.18. The Kier molecular flexibility index (Phi) is 4.39. The van der Waals surface area contributed by atoms with Crippen molar-refractivity contribution in [2.45, 2.75) is 13.0 Å². The van der Waals surface area contributed by atoms with E-state index in [0.717, 1.165) is 27.3 Å². The zero-order valence-electron chi connectivity index (χ0n) is 15.1. The van der Waals surface area contributed by atoms with Crippen LogP contribution < -0.4 is 5.32 Å². The van der Waals surface area contributed by atoms with Crippen LogP contribution in [0.4, 0.5) is 5.69 Å². The second kappa shape index (κ2) is 7.19. The molecule has 1 aliphatic carbocycles. The normalized spacial score (nSPS) is 12.0. The Labute approximate surface area is 166 Å². The second-order valence-corrected chi connectivity index (χ2v) is 7.94. The van der Waals surface area contributed by atoms with E-state index in [2.05, 4.69) is 46.7 Å². The van der Waals surface area contributed by atoms with E-state index in [9.17, 15) is 4.79 Å². The molecule has 1 aromatic heterocycles. The van der Waals surface area contributed by atoms with Crippen molar-refractivity contribution in [1.29, 1.82) is 0 Å². The van der Waals surface area contributed by atoms with Crippen LogP contribution in [-0.2, 0) is 22.6 Å². The number of fused-ring (bicyclic) bond motifs is 4. The Balaban J connectivity index is 1.19. The van der Waals surface area contributed by atoms with Crippen LogP contribution in [0.1, 0.15) is 16.1 Å². The lowest BCUT2D eigenvalue weighted by atomic mass is 10.1. The molecule has 0 saturated carbocycles. The van der Waals surface area contributed by atoms with Crippen LogP contribution in [0.3, 0.4) is 0 Å². The van der Waals surface area contributed by atoms with Crippen molar-refractivity contribution in [2.75, 3.05) is 11.9 Å². The van der Waals surface area contributed by atoms with Gasteiger partial charge in [0.25, 0.3) is 0 Å². The fourth-order valence-corrected chi connectivity index (χ4v) is 4.54. The zero-order chi connectivity index (χ0) is 18.9. The number of carbonyl (C=O) groups is 1. The summed E-state index contributed by atoms with van der Waals surface area (Å²) < 4.78 is 6.69. The number of hydrogen-bond donors (Lipinski definition) is 1. The lowest BCUT2D eigenvalue weighted by molar-refractivity contribution is -0.121. The molecular weight excluding hydrogens is 368 g/mol. The van der Waals surface area contributed by atoms with Crippen molar-refractivity contribution in [3.63, 3.8) is 0 Å². The lowest BCUT2D eigenvalue weighted by Crippen LogP contribution is -2.18. The summed E-state index contributed by atoms with van der Waals surface area (Å²) in [5.41, 5.74) is 6.89. The van der Waals surface area contributed by atoms with Crippen LogP contribution in [0.5, 0.6) is 0 Å². The molecule has 1 aliphatic rings. The number of nitrogens with zero attached hydrogens (tertiary/aromatic N) is 1. The van der Waals surface area contributed by atoms with Crippen LogP contribution in [0.25, 0.3) is 21.3 Å². The summed E-state index contributed by atoms with van der Waals surface area (Å²) in [6.45, 7) is 0.347. The summed E-state index contributed by atoms with van der Waals surface area (Å²) in [5, 5.41) is 3.81. The maximum absolute atomic E-state index is 12.2. The molecule has 0 bridgehead atoms. The minimum Gasteiger partial charge on any atom is -0.364 e. The van der Waals surface area contributed by atoms with E-state index in [-0.39, 0.29) is 12.5 Å². The number of thiazole rings is 1. The van der Waals surface area contributed by atoms with Gasteiger partial charge in [-0.3, -0.25) is 4.79 Å². The number of ether oxygens (including phenoxy) is 1. The molecule has 138 valence electrons. The lowest BCUT2D eigenvalue weighted by Gasteiger charge is -2.08. The molecular formula is C23H18N2O2S. The van der Waals surface area contributed by atoms with Gasteiger partial charge >= 0.3 is 0 Å². The van der Waals surface area contributed by atoms with Crippen molar-refractivity contribution in [1.82, 2.24) is 4.98 Å². The molecule has 28 heavy (non-hydrogen) atoms. The molecule has 4 nitrogen and oxygen atoms in total. The van der Waals surface area contributed by atoms with E-state index in [4.69, 9.17) is 4.74 Å². The molecule has 0 spiro atoms. The van der Waals surface area contributed by atoms with Gasteiger partial charge in [-0.2, -0.15) is 0 Å². The van der Waals surface area contributed by atoms with E-state index in [1.165, 1.54) is 22.3 Å². The fourth-order valence-electron chi connectivity index (χ4n) is 3.63. The Morgan fingerprint density at radius 2 is 1.82 bits per heavy atom. The predicted molar refractivity (Wildman–Crippen MR) is 113 cm³/mol. The Morgan fingerprint density at radius 3 is 2.75 bits per heavy atom. The molecule has 0 aliphatic heterocycles. The number of carbonyl (C=O) groups excluding carboxylic acids is 1. The first-order valence-corrected chi connectivity index (χ1v) is 10.0. The number of rotatable bonds is 5. The van der Waals surface area contributed by atoms with Crippen LogP contribution in [0.2, 0.25) is 0 Å². The quantitative estimate of drug-likeness (QED) is 0.461. The van der Waals surface area contributed by atoms with Gasteiger partial charge in [0.1, 0.15) is 11.6 Å². The monoisotopic (exact) mass is 386 g/mol. The highest BCUT2D eigenvalue weighted by Crippen LogP contribution is 2.37. The third-order valence-electron chi connectivity index (χ3n) is 4.87. The van der Waals surface area contributed by atoms with Gasteiger partial charge in [0, 0.05) is 5.69 Å². The highest BCUT2D eigenvalue weighted by atomic mass is 32.1. The van der Waals surface area contributed by atoms with E-state index >= 15 is 0 Å². The molecule has 3 aromatic carbocycles. The molecule has 5 heteroatoms. The maximum Gasteiger partial charge on any atom is 0.250 e. The largest absolute Gasteiger partial charge is 0.364 e. The fraction of sp³-hybridized carbons (Fsp3) is 0.130. The molecule has 0 saturated heterocycles. The van der Waals surface area contributed by atoms with Gasteiger partial charge in [0.2, 0.25) is 5.91 Å². The number of anilines is 1. The van der Waals surface area contributed by atoms with Crippen LogP contribution in [0.15, 0.2) is 66.7 Å². The topological polar surface area (TPSA) is 51.2 Å². The van der Waals surface area contributed by atoms with Crippen LogP contribution in [0, 0.1) is 0 Å². The van der Waals surface area contributed by atoms with Crippen molar-refractivity contribution in [3.05, 3.63) is 82.9 Å². The zero-order valence-corrected chi connectivity index (χ0v) is 16.0. The SMILES string of the molecule is O=C(COCc1nc2ccccc2s1)Nc1ccc2c(c1)Cc1ccccc1-2. The maximum atomic E-state index is 12.2. The minimum absolute atomic E-state index is 0.00718. The smallest absolute Gasteiger partial charge is 0.250 e. The third-order valence-corrected chi connectivity index (χ3v) is 5.88. The number of nitrogens with one attached hydrogen (secondary N) is 1. The molecule has 1 N–H and O–H groups in total. The highest BCUT2D eigenvalue weighted by molar-refractivity contribution is 7.18. The molecule has 0 atom stereocenters. The van der Waals surface area contributed by atoms with E-state index < -0.39 is 0 Å². The Bertz CT molecular complexity index is 1150. The summed E-state index contributed by atoms with van der Waals surface area (Å²) in [6.07, 6.45) is 0.906. The van der Waals surface area contributed by atoms with Gasteiger partial charge in [0.05, 0.1) is 16.8 Å². The first-order valence-electron chi connectivity index (χ1n) is 9.19.